The van der Waals surface area contributed by atoms with E-state index in [-0.39, 0.29) is 10.7 Å². The lowest BCUT2D eigenvalue weighted by atomic mass is 10.3. The second-order valence-electron chi connectivity index (χ2n) is 2.94. The average Bonchev–Trinajstić information content (AvgIpc) is 2.77. The minimum atomic E-state index is -0.598. The maximum atomic E-state index is 13.1. The number of halogens is 2. The van der Waals surface area contributed by atoms with Crippen molar-refractivity contribution in [1.82, 2.24) is 15.4 Å². The summed E-state index contributed by atoms with van der Waals surface area (Å²) in [6.07, 6.45) is 1.27. The lowest BCUT2D eigenvalue weighted by Crippen LogP contribution is -2.12. The van der Waals surface area contributed by atoms with Gasteiger partial charge in [0, 0.05) is 5.69 Å². The summed E-state index contributed by atoms with van der Waals surface area (Å²) in [5.41, 5.74) is 0.422. The summed E-state index contributed by atoms with van der Waals surface area (Å²) in [6, 6.07) is 3.97. The van der Waals surface area contributed by atoms with Crippen molar-refractivity contribution >= 4 is 23.2 Å². The maximum absolute atomic E-state index is 13.1. The number of anilines is 1. The van der Waals surface area contributed by atoms with Crippen LogP contribution in [0, 0.1) is 5.82 Å². The minimum absolute atomic E-state index is 0.000523. The fourth-order valence-electron chi connectivity index (χ4n) is 1.08. The Kier molecular flexibility index (Phi) is 2.82. The van der Waals surface area contributed by atoms with Gasteiger partial charge in [0.05, 0.1) is 11.2 Å². The Hall–Kier alpha value is -1.95. The summed E-state index contributed by atoms with van der Waals surface area (Å²) < 4.78 is 13.1. The molecule has 0 aliphatic rings. The highest BCUT2D eigenvalue weighted by Crippen LogP contribution is 2.18. The van der Waals surface area contributed by atoms with Crippen molar-refractivity contribution in [2.45, 2.75) is 0 Å². The zero-order valence-electron chi connectivity index (χ0n) is 7.87. The first-order chi connectivity index (χ1) is 7.66. The topological polar surface area (TPSA) is 70.7 Å². The van der Waals surface area contributed by atoms with Crippen LogP contribution in [0.2, 0.25) is 5.02 Å². The molecule has 5 nitrogen and oxygen atoms in total. The van der Waals surface area contributed by atoms with Crippen molar-refractivity contribution < 1.29 is 9.18 Å². The van der Waals surface area contributed by atoms with Crippen molar-refractivity contribution in [2.24, 2.45) is 0 Å². The normalized spacial score (nSPS) is 10.1. The van der Waals surface area contributed by atoms with Crippen LogP contribution in [0.5, 0.6) is 0 Å². The second-order valence-corrected chi connectivity index (χ2v) is 3.35. The van der Waals surface area contributed by atoms with E-state index in [1.165, 1.54) is 18.3 Å². The molecule has 0 radical (unpaired) electrons. The van der Waals surface area contributed by atoms with Crippen LogP contribution >= 0.6 is 11.6 Å². The number of aromatic amines is 1. The third-order valence-corrected chi connectivity index (χ3v) is 2.13. The van der Waals surface area contributed by atoms with Gasteiger partial charge in [0.15, 0.2) is 5.69 Å². The van der Waals surface area contributed by atoms with Gasteiger partial charge < -0.3 is 5.32 Å². The van der Waals surface area contributed by atoms with E-state index in [9.17, 15) is 9.18 Å². The number of carbonyl (C=O) groups is 1. The second kappa shape index (κ2) is 4.28. The van der Waals surface area contributed by atoms with Crippen molar-refractivity contribution in [3.8, 4) is 0 Å². The monoisotopic (exact) mass is 240 g/mol. The number of hydrogen-bond donors (Lipinski definition) is 2. The van der Waals surface area contributed by atoms with Gasteiger partial charge in [0.1, 0.15) is 5.82 Å². The molecular weight excluding hydrogens is 235 g/mol. The number of H-pyrrole nitrogens is 1. The fourth-order valence-corrected chi connectivity index (χ4v) is 1.20. The number of nitrogens with one attached hydrogen (secondary N) is 2. The molecule has 82 valence electrons. The third kappa shape index (κ3) is 2.17. The zero-order chi connectivity index (χ0) is 11.5. The van der Waals surface area contributed by atoms with E-state index < -0.39 is 11.7 Å². The van der Waals surface area contributed by atoms with Crippen molar-refractivity contribution in [3.63, 3.8) is 0 Å². The quantitative estimate of drug-likeness (QED) is 0.842. The standard InChI is InChI=1S/C9H6ClFN4O/c10-6-2-1-5(3-7(6)11)13-9(16)8-4-12-15-14-8/h1-4H,(H,13,16)(H,12,14,15). The summed E-state index contributed by atoms with van der Waals surface area (Å²) in [4.78, 5) is 11.5. The van der Waals surface area contributed by atoms with Crippen LogP contribution in [-0.2, 0) is 0 Å². The molecule has 2 aromatic rings. The van der Waals surface area contributed by atoms with E-state index >= 15 is 0 Å². The lowest BCUT2D eigenvalue weighted by molar-refractivity contribution is 0.102. The Morgan fingerprint density at radius 3 is 2.94 bits per heavy atom. The van der Waals surface area contributed by atoms with E-state index in [1.54, 1.807) is 0 Å². The third-order valence-electron chi connectivity index (χ3n) is 1.83. The Labute approximate surface area is 94.6 Å². The maximum Gasteiger partial charge on any atom is 0.277 e. The lowest BCUT2D eigenvalue weighted by Gasteiger charge is -2.03. The number of rotatable bonds is 2. The van der Waals surface area contributed by atoms with E-state index in [0.717, 1.165) is 6.07 Å². The number of nitrogens with zero attached hydrogens (tertiary/aromatic N) is 2. The molecule has 0 saturated heterocycles. The fraction of sp³-hybridized carbons (Fsp3) is 0. The van der Waals surface area contributed by atoms with Crippen LogP contribution in [0.3, 0.4) is 0 Å². The summed E-state index contributed by atoms with van der Waals surface area (Å²) >= 11 is 5.50. The molecule has 0 spiro atoms. The molecule has 0 atom stereocenters. The molecule has 1 heterocycles. The first-order valence-corrected chi connectivity index (χ1v) is 4.67. The average molecular weight is 241 g/mol. The Balaban J connectivity index is 2.15. The van der Waals surface area contributed by atoms with Gasteiger partial charge in [-0.15, -0.1) is 0 Å². The van der Waals surface area contributed by atoms with E-state index in [0.29, 0.717) is 5.69 Å². The smallest absolute Gasteiger partial charge is 0.277 e. The van der Waals surface area contributed by atoms with Crippen LogP contribution in [0.15, 0.2) is 24.4 Å². The van der Waals surface area contributed by atoms with Crippen LogP contribution in [0.4, 0.5) is 10.1 Å². The van der Waals surface area contributed by atoms with Crippen molar-refractivity contribution in [1.29, 1.82) is 0 Å². The van der Waals surface area contributed by atoms with E-state index in [1.807, 2.05) is 0 Å². The van der Waals surface area contributed by atoms with E-state index in [4.69, 9.17) is 11.6 Å². The van der Waals surface area contributed by atoms with Gasteiger partial charge in [-0.1, -0.05) is 11.6 Å². The van der Waals surface area contributed by atoms with Gasteiger partial charge >= 0.3 is 0 Å². The first kappa shape index (κ1) is 10.6. The molecule has 0 bridgehead atoms. The molecule has 2 N–H and O–H groups in total. The predicted molar refractivity (Wildman–Crippen MR) is 55.7 cm³/mol. The van der Waals surface area contributed by atoms with Gasteiger partial charge in [0.25, 0.3) is 5.91 Å². The van der Waals surface area contributed by atoms with Gasteiger partial charge in [0.2, 0.25) is 0 Å². The van der Waals surface area contributed by atoms with Gasteiger partial charge in [-0.3, -0.25) is 4.79 Å². The van der Waals surface area contributed by atoms with Gasteiger partial charge in [-0.05, 0) is 18.2 Å². The molecule has 1 amide bonds. The number of amides is 1. The molecule has 2 rings (SSSR count). The van der Waals surface area contributed by atoms with Crippen molar-refractivity contribution in [2.75, 3.05) is 5.32 Å². The van der Waals surface area contributed by atoms with Gasteiger partial charge in [-0.25, -0.2) is 4.39 Å². The molecular formula is C9H6ClFN4O. The molecule has 16 heavy (non-hydrogen) atoms. The van der Waals surface area contributed by atoms with Gasteiger partial charge in [-0.2, -0.15) is 15.4 Å². The summed E-state index contributed by atoms with van der Waals surface area (Å²) in [5.74, 6) is -1.07. The predicted octanol–water partition coefficient (Wildman–Crippen LogP) is 1.85. The molecule has 7 heteroatoms. The number of aromatic nitrogens is 3. The molecule has 0 aliphatic heterocycles. The Bertz CT molecular complexity index is 514. The summed E-state index contributed by atoms with van der Waals surface area (Å²) in [5, 5.41) is 11.8. The van der Waals surface area contributed by atoms with Crippen LogP contribution in [-0.4, -0.2) is 21.3 Å². The molecule has 0 saturated carbocycles. The van der Waals surface area contributed by atoms with Crippen LogP contribution in [0.1, 0.15) is 10.5 Å². The molecule has 0 unspecified atom stereocenters. The molecule has 1 aromatic heterocycles. The zero-order valence-corrected chi connectivity index (χ0v) is 8.62. The highest BCUT2D eigenvalue weighted by atomic mass is 35.5. The number of carbonyl (C=O) groups excluding carboxylic acids is 1. The van der Waals surface area contributed by atoms with Crippen molar-refractivity contribution in [3.05, 3.63) is 40.9 Å². The Morgan fingerprint density at radius 2 is 2.31 bits per heavy atom. The van der Waals surface area contributed by atoms with E-state index in [2.05, 4.69) is 20.7 Å². The van der Waals surface area contributed by atoms with Crippen LogP contribution < -0.4 is 5.32 Å². The SMILES string of the molecule is O=C(Nc1ccc(Cl)c(F)c1)c1cn[nH]n1. The molecule has 1 aromatic carbocycles. The molecule has 0 aliphatic carbocycles. The summed E-state index contributed by atoms with van der Waals surface area (Å²) in [7, 11) is 0. The largest absolute Gasteiger partial charge is 0.320 e. The highest BCUT2D eigenvalue weighted by Gasteiger charge is 2.09. The highest BCUT2D eigenvalue weighted by molar-refractivity contribution is 6.30. The Morgan fingerprint density at radius 1 is 1.50 bits per heavy atom. The number of hydrogen-bond acceptors (Lipinski definition) is 3. The number of benzene rings is 1. The summed E-state index contributed by atoms with van der Waals surface area (Å²) in [6.45, 7) is 0. The first-order valence-electron chi connectivity index (χ1n) is 4.29. The molecule has 0 fully saturated rings. The van der Waals surface area contributed by atoms with Crippen LogP contribution in [0.25, 0.3) is 0 Å². The minimum Gasteiger partial charge on any atom is -0.320 e.